The highest BCUT2D eigenvalue weighted by Crippen LogP contribution is 2.45. The molecule has 3 atom stereocenters. The van der Waals surface area contributed by atoms with E-state index in [0.717, 1.165) is 0 Å². The Labute approximate surface area is 243 Å². The number of benzene rings is 2. The van der Waals surface area contributed by atoms with Crippen LogP contribution >= 0.6 is 0 Å². The number of aromatic nitrogens is 1. The highest BCUT2D eigenvalue weighted by atomic mass is 19.3. The number of carbonyl (C=O) groups is 2. The van der Waals surface area contributed by atoms with Crippen LogP contribution in [0.5, 0.6) is 5.75 Å². The van der Waals surface area contributed by atoms with Crippen LogP contribution in [0.25, 0.3) is 10.9 Å². The van der Waals surface area contributed by atoms with Crippen LogP contribution in [0.1, 0.15) is 73.0 Å². The number of likely N-dealkylation sites (tertiary alicyclic amines) is 1. The molecule has 1 aliphatic rings. The molecule has 0 saturated carbocycles. The second kappa shape index (κ2) is 12.7. The van der Waals surface area contributed by atoms with Crippen LogP contribution in [-0.4, -0.2) is 67.0 Å². The lowest BCUT2D eigenvalue weighted by atomic mass is 9.91. The minimum atomic E-state index is -2.62. The van der Waals surface area contributed by atoms with E-state index in [1.54, 1.807) is 75.2 Å². The van der Waals surface area contributed by atoms with Gasteiger partial charge in [-0.25, -0.2) is 22.8 Å². The summed E-state index contributed by atoms with van der Waals surface area (Å²) < 4.78 is 65.6. The van der Waals surface area contributed by atoms with Crippen LogP contribution < -0.4 is 4.74 Å². The quantitative estimate of drug-likeness (QED) is 0.207. The van der Waals surface area contributed by atoms with Crippen LogP contribution in [0.2, 0.25) is 0 Å². The van der Waals surface area contributed by atoms with Gasteiger partial charge in [0.1, 0.15) is 18.0 Å². The van der Waals surface area contributed by atoms with Crippen LogP contribution in [0, 0.1) is 6.92 Å². The first-order valence-corrected chi connectivity index (χ1v) is 13.7. The van der Waals surface area contributed by atoms with Gasteiger partial charge >= 0.3 is 12.1 Å². The van der Waals surface area contributed by atoms with Crippen molar-refractivity contribution in [3.63, 3.8) is 0 Å². The molecule has 1 unspecified atom stereocenters. The number of piperidine rings is 1. The fourth-order valence-electron chi connectivity index (χ4n) is 5.44. The monoisotopic (exact) mass is 590 g/mol. The first-order valence-electron chi connectivity index (χ1n) is 13.7. The summed E-state index contributed by atoms with van der Waals surface area (Å²) in [5.41, 5.74) is 1.72. The smallest absolute Gasteiger partial charge is 0.419 e. The molecule has 2 heterocycles. The molecule has 0 bridgehead atoms. The molecule has 0 amide bonds. The summed E-state index contributed by atoms with van der Waals surface area (Å²) >= 11 is 0. The van der Waals surface area contributed by atoms with Gasteiger partial charge in [-0.05, 0) is 75.9 Å². The zero-order valence-electron chi connectivity index (χ0n) is 24.7. The minimum Gasteiger partial charge on any atom is -0.496 e. The minimum absolute atomic E-state index is 0.198. The number of methoxy groups -OCH3 is 2. The van der Waals surface area contributed by atoms with Crippen LogP contribution in [0.4, 0.5) is 18.0 Å². The van der Waals surface area contributed by atoms with Gasteiger partial charge in [-0.3, -0.25) is 9.47 Å². The predicted octanol–water partition coefficient (Wildman–Crippen LogP) is 6.98. The van der Waals surface area contributed by atoms with Gasteiger partial charge in [-0.15, -0.1) is 0 Å². The summed E-state index contributed by atoms with van der Waals surface area (Å²) in [5, 5.41) is 0.487. The van der Waals surface area contributed by atoms with Crippen molar-refractivity contribution >= 4 is 23.0 Å². The molecule has 2 aromatic carbocycles. The SMILES string of the molecule is COC(=O)c1ccc([C@@H]2C[C@H](OCC(F)F)CCN2C(F)c2c(OC)cc(C)c3c2ccn3C(=O)OC(C)(C)C)cc1. The molecule has 1 saturated heterocycles. The van der Waals surface area contributed by atoms with E-state index in [2.05, 4.69) is 0 Å². The number of rotatable bonds is 8. The lowest BCUT2D eigenvalue weighted by molar-refractivity contribution is -0.0805. The molecule has 228 valence electrons. The summed E-state index contributed by atoms with van der Waals surface area (Å²) in [4.78, 5) is 26.6. The predicted molar refractivity (Wildman–Crippen MR) is 151 cm³/mol. The Morgan fingerprint density at radius 1 is 1.07 bits per heavy atom. The normalized spacial score (nSPS) is 18.7. The fourth-order valence-corrected chi connectivity index (χ4v) is 5.44. The Morgan fingerprint density at radius 3 is 2.36 bits per heavy atom. The van der Waals surface area contributed by atoms with Crippen LogP contribution in [0.15, 0.2) is 42.6 Å². The molecule has 1 fully saturated rings. The average Bonchev–Trinajstić information content (AvgIpc) is 3.40. The van der Waals surface area contributed by atoms with E-state index in [-0.39, 0.29) is 18.5 Å². The molecule has 0 N–H and O–H groups in total. The van der Waals surface area contributed by atoms with Crippen molar-refractivity contribution in [2.75, 3.05) is 27.4 Å². The third-order valence-electron chi connectivity index (χ3n) is 7.27. The molecule has 1 aliphatic heterocycles. The summed E-state index contributed by atoms with van der Waals surface area (Å²) in [6.45, 7) is 6.60. The van der Waals surface area contributed by atoms with E-state index in [9.17, 15) is 18.4 Å². The Hall–Kier alpha value is -3.57. The molecule has 0 aliphatic carbocycles. The molecule has 0 spiro atoms. The maximum atomic E-state index is 16.9. The highest BCUT2D eigenvalue weighted by Gasteiger charge is 2.38. The van der Waals surface area contributed by atoms with Gasteiger partial charge in [0.2, 0.25) is 0 Å². The number of aryl methyl sites for hydroxylation is 1. The number of ether oxygens (including phenoxy) is 4. The number of nitrogens with zero attached hydrogens (tertiary/aromatic N) is 2. The highest BCUT2D eigenvalue weighted by molar-refractivity contribution is 5.95. The van der Waals surface area contributed by atoms with Gasteiger partial charge in [-0.1, -0.05) is 12.1 Å². The molecule has 4 rings (SSSR count). The van der Waals surface area contributed by atoms with Crippen LogP contribution in [-0.2, 0) is 14.2 Å². The summed E-state index contributed by atoms with van der Waals surface area (Å²) in [6, 6.07) is 9.35. The number of hydrogen-bond donors (Lipinski definition) is 0. The summed E-state index contributed by atoms with van der Waals surface area (Å²) in [5.74, 6) is -0.199. The van der Waals surface area contributed by atoms with Crippen molar-refractivity contribution in [1.82, 2.24) is 9.47 Å². The summed E-state index contributed by atoms with van der Waals surface area (Å²) in [7, 11) is 2.73. The number of esters is 1. The van der Waals surface area contributed by atoms with E-state index in [0.29, 0.717) is 39.8 Å². The van der Waals surface area contributed by atoms with E-state index in [1.165, 1.54) is 18.8 Å². The average molecular weight is 591 g/mol. The second-order valence-electron chi connectivity index (χ2n) is 11.3. The maximum absolute atomic E-state index is 16.9. The van der Waals surface area contributed by atoms with Gasteiger partial charge in [-0.2, -0.15) is 0 Å². The third kappa shape index (κ3) is 6.73. The van der Waals surface area contributed by atoms with Gasteiger partial charge in [0, 0.05) is 24.2 Å². The maximum Gasteiger partial charge on any atom is 0.419 e. The molecule has 42 heavy (non-hydrogen) atoms. The van der Waals surface area contributed by atoms with Crippen molar-refractivity contribution in [2.24, 2.45) is 0 Å². The number of halogens is 3. The molecular weight excluding hydrogens is 553 g/mol. The number of carbonyl (C=O) groups excluding carboxylic acids is 2. The third-order valence-corrected chi connectivity index (χ3v) is 7.27. The molecule has 8 nitrogen and oxygen atoms in total. The number of fused-ring (bicyclic) bond motifs is 1. The number of hydrogen-bond acceptors (Lipinski definition) is 7. The van der Waals surface area contributed by atoms with E-state index < -0.39 is 49.1 Å². The fraction of sp³-hybridized carbons (Fsp3) is 0.484. The second-order valence-corrected chi connectivity index (χ2v) is 11.3. The Morgan fingerprint density at radius 2 is 1.76 bits per heavy atom. The lowest BCUT2D eigenvalue weighted by Crippen LogP contribution is -2.41. The van der Waals surface area contributed by atoms with E-state index >= 15 is 4.39 Å². The molecule has 11 heteroatoms. The van der Waals surface area contributed by atoms with Crippen molar-refractivity contribution in [1.29, 1.82) is 0 Å². The van der Waals surface area contributed by atoms with Gasteiger partial charge in [0.05, 0.1) is 37.0 Å². The number of alkyl halides is 3. The summed E-state index contributed by atoms with van der Waals surface area (Å²) in [6.07, 6.45) is -3.28. The Bertz CT molecular complexity index is 1420. The van der Waals surface area contributed by atoms with Gasteiger partial charge in [0.25, 0.3) is 6.43 Å². The largest absolute Gasteiger partial charge is 0.496 e. The molecule has 0 radical (unpaired) electrons. The molecular formula is C31H37F3N2O6. The topological polar surface area (TPSA) is 79.2 Å². The standard InChI is InChI=1S/C31H37F3N2O6/c1-18-15-24(39-5)26(22-12-14-36(27(18)22)30(38)42-31(2,3)4)28(34)35-13-11-21(41-17-25(32)33)16-23(35)19-7-9-20(10-8-19)29(37)40-6/h7-10,12,14-15,21,23,25,28H,11,13,16-17H2,1-6H3/t21-,23+,28?/m1/s1. The van der Waals surface area contributed by atoms with Crippen molar-refractivity contribution in [3.05, 3.63) is 64.8 Å². The van der Waals surface area contributed by atoms with E-state index in [1.807, 2.05) is 0 Å². The lowest BCUT2D eigenvalue weighted by Gasteiger charge is -2.41. The van der Waals surface area contributed by atoms with Crippen molar-refractivity contribution in [3.8, 4) is 5.75 Å². The van der Waals surface area contributed by atoms with E-state index in [4.69, 9.17) is 18.9 Å². The first-order chi connectivity index (χ1) is 19.8. The zero-order valence-corrected chi connectivity index (χ0v) is 24.7. The van der Waals surface area contributed by atoms with Crippen LogP contribution in [0.3, 0.4) is 0 Å². The van der Waals surface area contributed by atoms with Crippen molar-refractivity contribution < 1.29 is 41.7 Å². The molecule has 3 aromatic rings. The van der Waals surface area contributed by atoms with Gasteiger partial charge in [0.15, 0.2) is 6.30 Å². The molecule has 1 aromatic heterocycles. The van der Waals surface area contributed by atoms with Gasteiger partial charge < -0.3 is 18.9 Å². The Kier molecular flexibility index (Phi) is 9.52. The van der Waals surface area contributed by atoms with Crippen molar-refractivity contribution in [2.45, 2.75) is 71.0 Å². The first kappa shape index (κ1) is 31.4. The zero-order chi connectivity index (χ0) is 30.8. The Balaban J connectivity index is 1.76.